The Morgan fingerprint density at radius 3 is 2.83 bits per heavy atom. The molecule has 94 valence electrons. The van der Waals surface area contributed by atoms with Gasteiger partial charge in [0, 0.05) is 18.5 Å². The van der Waals surface area contributed by atoms with E-state index in [2.05, 4.69) is 27.2 Å². The maximum Gasteiger partial charge on any atom is 0.225 e. The predicted molar refractivity (Wildman–Crippen MR) is 73.8 cm³/mol. The van der Waals surface area contributed by atoms with Crippen molar-refractivity contribution >= 4 is 22.7 Å². The summed E-state index contributed by atoms with van der Waals surface area (Å²) in [5.41, 5.74) is 0.861. The molecule has 0 aliphatic carbocycles. The zero-order chi connectivity index (χ0) is 12.8. The summed E-state index contributed by atoms with van der Waals surface area (Å²) >= 11 is 0. The molecule has 1 aromatic carbocycles. The summed E-state index contributed by atoms with van der Waals surface area (Å²) in [6, 6.07) is 7.78. The molecule has 0 atom stereocenters. The first-order valence-corrected chi connectivity index (χ1v) is 5.81. The summed E-state index contributed by atoms with van der Waals surface area (Å²) in [6.07, 6.45) is 1.78. The van der Waals surface area contributed by atoms with Crippen LogP contribution in [0.3, 0.4) is 0 Å². The first-order valence-electron chi connectivity index (χ1n) is 5.81. The van der Waals surface area contributed by atoms with Crippen LogP contribution < -0.4 is 10.6 Å². The van der Waals surface area contributed by atoms with Gasteiger partial charge in [-0.2, -0.15) is 4.98 Å². The van der Waals surface area contributed by atoms with E-state index in [4.69, 9.17) is 5.11 Å². The van der Waals surface area contributed by atoms with Crippen LogP contribution in [0.15, 0.2) is 36.9 Å². The topological polar surface area (TPSA) is 70.1 Å². The van der Waals surface area contributed by atoms with Gasteiger partial charge in [-0.15, -0.1) is 6.58 Å². The molecule has 5 nitrogen and oxygen atoms in total. The molecule has 0 fully saturated rings. The minimum absolute atomic E-state index is 0.0472. The number of benzene rings is 1. The van der Waals surface area contributed by atoms with Gasteiger partial charge in [-0.05, 0) is 12.1 Å². The molecule has 0 unspecified atom stereocenters. The van der Waals surface area contributed by atoms with E-state index >= 15 is 0 Å². The number of nitrogens with zero attached hydrogens (tertiary/aromatic N) is 2. The van der Waals surface area contributed by atoms with E-state index in [1.807, 2.05) is 24.3 Å². The summed E-state index contributed by atoms with van der Waals surface area (Å²) in [5, 5.41) is 15.9. The van der Waals surface area contributed by atoms with E-state index in [1.165, 1.54) is 0 Å². The lowest BCUT2D eigenvalue weighted by Gasteiger charge is -2.10. The van der Waals surface area contributed by atoms with Crippen molar-refractivity contribution in [1.29, 1.82) is 0 Å². The Morgan fingerprint density at radius 2 is 2.06 bits per heavy atom. The number of hydrogen-bond donors (Lipinski definition) is 3. The van der Waals surface area contributed by atoms with Crippen molar-refractivity contribution in [2.24, 2.45) is 0 Å². The molecule has 2 aromatic rings. The lowest BCUT2D eigenvalue weighted by molar-refractivity contribution is 0.311. The lowest BCUT2D eigenvalue weighted by atomic mass is 10.2. The Morgan fingerprint density at radius 1 is 1.22 bits per heavy atom. The number of para-hydroxylation sites is 1. The first-order chi connectivity index (χ1) is 8.85. The van der Waals surface area contributed by atoms with Gasteiger partial charge in [-0.25, -0.2) is 4.98 Å². The van der Waals surface area contributed by atoms with Gasteiger partial charge in [0.2, 0.25) is 5.95 Å². The highest BCUT2D eigenvalue weighted by Gasteiger charge is 2.05. The van der Waals surface area contributed by atoms with Crippen molar-refractivity contribution < 1.29 is 5.11 Å². The van der Waals surface area contributed by atoms with E-state index in [-0.39, 0.29) is 6.61 Å². The van der Waals surface area contributed by atoms with Gasteiger partial charge >= 0.3 is 0 Å². The summed E-state index contributed by atoms with van der Waals surface area (Å²) in [4.78, 5) is 8.77. The maximum atomic E-state index is 8.80. The van der Waals surface area contributed by atoms with Crippen LogP contribution >= 0.6 is 0 Å². The van der Waals surface area contributed by atoms with Crippen molar-refractivity contribution in [3.63, 3.8) is 0 Å². The van der Waals surface area contributed by atoms with Crippen LogP contribution in [-0.2, 0) is 0 Å². The Bertz CT molecular complexity index is 542. The quantitative estimate of drug-likeness (QED) is 0.674. The smallest absolute Gasteiger partial charge is 0.225 e. The normalized spacial score (nSPS) is 10.3. The molecule has 3 N–H and O–H groups in total. The Hall–Kier alpha value is -2.14. The van der Waals surface area contributed by atoms with E-state index in [0.717, 1.165) is 16.7 Å². The summed E-state index contributed by atoms with van der Waals surface area (Å²) < 4.78 is 0. The Labute approximate surface area is 106 Å². The molecule has 2 rings (SSSR count). The molecular formula is C13H16N4O. The Kier molecular flexibility index (Phi) is 4.09. The highest BCUT2D eigenvalue weighted by Crippen LogP contribution is 2.21. The fraction of sp³-hybridized carbons (Fsp3) is 0.231. The molecule has 0 radical (unpaired) electrons. The number of anilines is 2. The van der Waals surface area contributed by atoms with Crippen LogP contribution in [0.25, 0.3) is 10.9 Å². The second kappa shape index (κ2) is 5.97. The zero-order valence-corrected chi connectivity index (χ0v) is 10.1. The number of nitrogens with one attached hydrogen (secondary N) is 2. The number of aromatic nitrogens is 2. The van der Waals surface area contributed by atoms with Crippen LogP contribution in [0.1, 0.15) is 0 Å². The number of hydrogen-bond acceptors (Lipinski definition) is 5. The van der Waals surface area contributed by atoms with Crippen molar-refractivity contribution in [3.8, 4) is 0 Å². The Balaban J connectivity index is 2.39. The molecule has 18 heavy (non-hydrogen) atoms. The van der Waals surface area contributed by atoms with Gasteiger partial charge in [0.05, 0.1) is 12.1 Å². The van der Waals surface area contributed by atoms with E-state index in [0.29, 0.717) is 19.0 Å². The second-order valence-corrected chi connectivity index (χ2v) is 3.73. The van der Waals surface area contributed by atoms with Crippen LogP contribution in [0.5, 0.6) is 0 Å². The molecule has 0 amide bonds. The van der Waals surface area contributed by atoms with Crippen molar-refractivity contribution in [2.75, 3.05) is 30.3 Å². The molecular weight excluding hydrogens is 228 g/mol. The van der Waals surface area contributed by atoms with Crippen molar-refractivity contribution in [2.45, 2.75) is 0 Å². The van der Waals surface area contributed by atoms with Gasteiger partial charge < -0.3 is 15.7 Å². The summed E-state index contributed by atoms with van der Waals surface area (Å²) in [6.45, 7) is 4.79. The third-order valence-corrected chi connectivity index (χ3v) is 2.41. The summed E-state index contributed by atoms with van der Waals surface area (Å²) in [5.74, 6) is 1.27. The zero-order valence-electron chi connectivity index (χ0n) is 10.1. The highest BCUT2D eigenvalue weighted by atomic mass is 16.3. The highest BCUT2D eigenvalue weighted by molar-refractivity contribution is 5.90. The first kappa shape index (κ1) is 12.3. The average Bonchev–Trinajstić information content (AvgIpc) is 2.42. The third-order valence-electron chi connectivity index (χ3n) is 2.41. The van der Waals surface area contributed by atoms with Gasteiger partial charge in [-0.1, -0.05) is 18.2 Å². The SMILES string of the molecule is C=CCNc1nc(NCCO)nc2ccccc12. The molecule has 0 bridgehead atoms. The standard InChI is InChI=1S/C13H16N4O/c1-2-7-14-12-10-5-3-4-6-11(10)16-13(17-12)15-8-9-18/h2-6,18H,1,7-9H2,(H2,14,15,16,17). The predicted octanol–water partition coefficient (Wildman–Crippen LogP) is 1.63. The monoisotopic (exact) mass is 244 g/mol. The molecule has 0 saturated carbocycles. The average molecular weight is 244 g/mol. The lowest BCUT2D eigenvalue weighted by Crippen LogP contribution is -2.10. The van der Waals surface area contributed by atoms with E-state index < -0.39 is 0 Å². The molecule has 1 aromatic heterocycles. The van der Waals surface area contributed by atoms with Crippen molar-refractivity contribution in [3.05, 3.63) is 36.9 Å². The van der Waals surface area contributed by atoms with Crippen LogP contribution in [0.4, 0.5) is 11.8 Å². The third kappa shape index (κ3) is 2.75. The fourth-order valence-electron chi connectivity index (χ4n) is 1.63. The molecule has 0 saturated heterocycles. The van der Waals surface area contributed by atoms with E-state index in [9.17, 15) is 0 Å². The van der Waals surface area contributed by atoms with Gasteiger partial charge in [0.1, 0.15) is 5.82 Å². The van der Waals surface area contributed by atoms with Gasteiger partial charge in [-0.3, -0.25) is 0 Å². The summed E-state index contributed by atoms with van der Waals surface area (Å²) in [7, 11) is 0. The molecule has 0 aliphatic rings. The maximum absolute atomic E-state index is 8.80. The number of aliphatic hydroxyl groups excluding tert-OH is 1. The minimum Gasteiger partial charge on any atom is -0.395 e. The minimum atomic E-state index is 0.0472. The number of rotatable bonds is 6. The van der Waals surface area contributed by atoms with Gasteiger partial charge in [0.15, 0.2) is 0 Å². The number of aliphatic hydroxyl groups is 1. The van der Waals surface area contributed by atoms with Crippen LogP contribution in [-0.4, -0.2) is 34.8 Å². The largest absolute Gasteiger partial charge is 0.395 e. The van der Waals surface area contributed by atoms with Crippen LogP contribution in [0, 0.1) is 0 Å². The molecule has 0 spiro atoms. The van der Waals surface area contributed by atoms with Gasteiger partial charge in [0.25, 0.3) is 0 Å². The second-order valence-electron chi connectivity index (χ2n) is 3.73. The molecule has 0 aliphatic heterocycles. The molecule has 5 heteroatoms. The fourth-order valence-corrected chi connectivity index (χ4v) is 1.63. The van der Waals surface area contributed by atoms with Crippen LogP contribution in [0.2, 0.25) is 0 Å². The number of fused-ring (bicyclic) bond motifs is 1. The van der Waals surface area contributed by atoms with Crippen molar-refractivity contribution in [1.82, 2.24) is 9.97 Å². The van der Waals surface area contributed by atoms with E-state index in [1.54, 1.807) is 6.08 Å². The molecule has 1 heterocycles.